The SMILES string of the molecule is Cc1ccc(-c2cccc(CCO)c2)cc1C. The van der Waals surface area contributed by atoms with Gasteiger partial charge in [0.2, 0.25) is 0 Å². The Morgan fingerprint density at radius 3 is 2.35 bits per heavy atom. The molecular weight excluding hydrogens is 208 g/mol. The first-order chi connectivity index (χ1) is 8.20. The Morgan fingerprint density at radius 1 is 0.882 bits per heavy atom. The number of hydrogen-bond donors (Lipinski definition) is 1. The minimum atomic E-state index is 0.205. The van der Waals surface area contributed by atoms with Gasteiger partial charge in [-0.2, -0.15) is 0 Å². The highest BCUT2D eigenvalue weighted by molar-refractivity contribution is 5.65. The zero-order valence-electron chi connectivity index (χ0n) is 10.4. The van der Waals surface area contributed by atoms with Gasteiger partial charge < -0.3 is 5.11 Å². The summed E-state index contributed by atoms with van der Waals surface area (Å²) in [6, 6.07) is 14.9. The molecule has 0 unspecified atom stereocenters. The fourth-order valence-electron chi connectivity index (χ4n) is 1.96. The molecule has 1 nitrogen and oxygen atoms in total. The Balaban J connectivity index is 2.38. The first-order valence-corrected chi connectivity index (χ1v) is 5.98. The normalized spacial score (nSPS) is 10.5. The number of aliphatic hydroxyl groups is 1. The van der Waals surface area contributed by atoms with Gasteiger partial charge in [0.05, 0.1) is 0 Å². The van der Waals surface area contributed by atoms with Crippen LogP contribution in [0.15, 0.2) is 42.5 Å². The minimum absolute atomic E-state index is 0.205. The summed E-state index contributed by atoms with van der Waals surface area (Å²) in [4.78, 5) is 0. The van der Waals surface area contributed by atoms with Gasteiger partial charge in [0.1, 0.15) is 0 Å². The van der Waals surface area contributed by atoms with Crippen LogP contribution in [0.25, 0.3) is 11.1 Å². The topological polar surface area (TPSA) is 20.2 Å². The molecule has 88 valence electrons. The van der Waals surface area contributed by atoms with Gasteiger partial charge in [-0.3, -0.25) is 0 Å². The van der Waals surface area contributed by atoms with E-state index in [-0.39, 0.29) is 6.61 Å². The number of rotatable bonds is 3. The van der Waals surface area contributed by atoms with Gasteiger partial charge in [-0.05, 0) is 48.1 Å². The van der Waals surface area contributed by atoms with Crippen LogP contribution in [-0.4, -0.2) is 11.7 Å². The lowest BCUT2D eigenvalue weighted by atomic mass is 9.98. The standard InChI is InChI=1S/C16H18O/c1-12-6-7-16(10-13(12)2)15-5-3-4-14(11-15)8-9-17/h3-7,10-11,17H,8-9H2,1-2H3. The molecule has 0 spiro atoms. The van der Waals surface area contributed by atoms with E-state index in [1.165, 1.54) is 27.8 Å². The molecule has 0 aromatic heterocycles. The molecule has 0 amide bonds. The highest BCUT2D eigenvalue weighted by Gasteiger charge is 2.01. The molecule has 17 heavy (non-hydrogen) atoms. The van der Waals surface area contributed by atoms with E-state index in [9.17, 15) is 0 Å². The third-order valence-electron chi connectivity index (χ3n) is 3.17. The van der Waals surface area contributed by atoms with E-state index in [1.807, 2.05) is 0 Å². The summed E-state index contributed by atoms with van der Waals surface area (Å²) in [6.45, 7) is 4.47. The van der Waals surface area contributed by atoms with Crippen molar-refractivity contribution < 1.29 is 5.11 Å². The van der Waals surface area contributed by atoms with Crippen LogP contribution >= 0.6 is 0 Å². The molecule has 1 heteroatoms. The quantitative estimate of drug-likeness (QED) is 0.849. The Hall–Kier alpha value is -1.60. The summed E-state index contributed by atoms with van der Waals surface area (Å²) >= 11 is 0. The molecule has 2 aromatic carbocycles. The molecule has 0 atom stereocenters. The highest BCUT2D eigenvalue weighted by Crippen LogP contribution is 2.23. The molecule has 0 aliphatic carbocycles. The average molecular weight is 226 g/mol. The fourth-order valence-corrected chi connectivity index (χ4v) is 1.96. The van der Waals surface area contributed by atoms with Crippen molar-refractivity contribution in [1.29, 1.82) is 0 Å². The highest BCUT2D eigenvalue weighted by atomic mass is 16.2. The fraction of sp³-hybridized carbons (Fsp3) is 0.250. The van der Waals surface area contributed by atoms with Crippen LogP contribution in [-0.2, 0) is 6.42 Å². The van der Waals surface area contributed by atoms with Crippen LogP contribution in [0.1, 0.15) is 16.7 Å². The second kappa shape index (κ2) is 5.15. The number of aliphatic hydroxyl groups excluding tert-OH is 1. The third kappa shape index (κ3) is 2.75. The molecule has 0 radical (unpaired) electrons. The number of aryl methyl sites for hydroxylation is 2. The van der Waals surface area contributed by atoms with Gasteiger partial charge in [-0.25, -0.2) is 0 Å². The first-order valence-electron chi connectivity index (χ1n) is 5.98. The molecule has 0 heterocycles. The van der Waals surface area contributed by atoms with Crippen molar-refractivity contribution in [2.45, 2.75) is 20.3 Å². The Labute approximate surface area is 103 Å². The maximum Gasteiger partial charge on any atom is 0.0471 e. The molecule has 1 N–H and O–H groups in total. The van der Waals surface area contributed by atoms with Crippen LogP contribution in [0.2, 0.25) is 0 Å². The van der Waals surface area contributed by atoms with Gasteiger partial charge in [0, 0.05) is 6.61 Å². The van der Waals surface area contributed by atoms with E-state index in [0.29, 0.717) is 0 Å². The zero-order chi connectivity index (χ0) is 12.3. The van der Waals surface area contributed by atoms with E-state index >= 15 is 0 Å². The second-order valence-corrected chi connectivity index (χ2v) is 4.47. The molecule has 2 aromatic rings. The minimum Gasteiger partial charge on any atom is -0.396 e. The van der Waals surface area contributed by atoms with Crippen molar-refractivity contribution in [2.75, 3.05) is 6.61 Å². The van der Waals surface area contributed by atoms with Crippen molar-refractivity contribution in [2.24, 2.45) is 0 Å². The lowest BCUT2D eigenvalue weighted by molar-refractivity contribution is 0.299. The lowest BCUT2D eigenvalue weighted by Gasteiger charge is -2.07. The van der Waals surface area contributed by atoms with Crippen LogP contribution in [0.5, 0.6) is 0 Å². The maximum atomic E-state index is 8.96. The monoisotopic (exact) mass is 226 g/mol. The van der Waals surface area contributed by atoms with E-state index < -0.39 is 0 Å². The van der Waals surface area contributed by atoms with E-state index in [1.54, 1.807) is 0 Å². The average Bonchev–Trinajstić information content (AvgIpc) is 2.33. The Bertz CT molecular complexity index is 515. The van der Waals surface area contributed by atoms with Crippen molar-refractivity contribution in [3.63, 3.8) is 0 Å². The number of benzene rings is 2. The lowest BCUT2D eigenvalue weighted by Crippen LogP contribution is -1.91. The third-order valence-corrected chi connectivity index (χ3v) is 3.17. The summed E-state index contributed by atoms with van der Waals surface area (Å²) in [5.41, 5.74) is 6.28. The van der Waals surface area contributed by atoms with Gasteiger partial charge in [-0.1, -0.05) is 42.5 Å². The van der Waals surface area contributed by atoms with Crippen molar-refractivity contribution in [1.82, 2.24) is 0 Å². The van der Waals surface area contributed by atoms with Crippen LogP contribution in [0.3, 0.4) is 0 Å². The Morgan fingerprint density at radius 2 is 1.65 bits per heavy atom. The van der Waals surface area contributed by atoms with Crippen LogP contribution in [0.4, 0.5) is 0 Å². The predicted octanol–water partition coefficient (Wildman–Crippen LogP) is 3.51. The van der Waals surface area contributed by atoms with Crippen molar-refractivity contribution >= 4 is 0 Å². The Kier molecular flexibility index (Phi) is 3.60. The zero-order valence-corrected chi connectivity index (χ0v) is 10.4. The van der Waals surface area contributed by atoms with Gasteiger partial charge in [-0.15, -0.1) is 0 Å². The predicted molar refractivity (Wildman–Crippen MR) is 72.1 cm³/mol. The molecule has 0 bridgehead atoms. The summed E-state index contributed by atoms with van der Waals surface area (Å²) < 4.78 is 0. The maximum absolute atomic E-state index is 8.96. The van der Waals surface area contributed by atoms with E-state index in [0.717, 1.165) is 6.42 Å². The molecule has 0 saturated carbocycles. The summed E-state index contributed by atoms with van der Waals surface area (Å²) in [6.07, 6.45) is 0.721. The second-order valence-electron chi connectivity index (χ2n) is 4.47. The van der Waals surface area contributed by atoms with Gasteiger partial charge in [0.25, 0.3) is 0 Å². The van der Waals surface area contributed by atoms with Crippen LogP contribution < -0.4 is 0 Å². The molecule has 0 aliphatic heterocycles. The largest absolute Gasteiger partial charge is 0.396 e. The smallest absolute Gasteiger partial charge is 0.0471 e. The summed E-state index contributed by atoms with van der Waals surface area (Å²) in [7, 11) is 0. The van der Waals surface area contributed by atoms with Gasteiger partial charge >= 0.3 is 0 Å². The molecule has 0 saturated heterocycles. The van der Waals surface area contributed by atoms with Crippen molar-refractivity contribution in [3.8, 4) is 11.1 Å². The molecule has 0 aliphatic rings. The molecule has 0 fully saturated rings. The van der Waals surface area contributed by atoms with E-state index in [2.05, 4.69) is 56.3 Å². The van der Waals surface area contributed by atoms with E-state index in [4.69, 9.17) is 5.11 Å². The van der Waals surface area contributed by atoms with Crippen LogP contribution in [0, 0.1) is 13.8 Å². The summed E-state index contributed by atoms with van der Waals surface area (Å²) in [5, 5.41) is 8.96. The van der Waals surface area contributed by atoms with Crippen molar-refractivity contribution in [3.05, 3.63) is 59.2 Å². The molecular formula is C16H18O. The first kappa shape index (κ1) is 11.9. The summed E-state index contributed by atoms with van der Waals surface area (Å²) in [5.74, 6) is 0. The molecule has 2 rings (SSSR count). The van der Waals surface area contributed by atoms with Gasteiger partial charge in [0.15, 0.2) is 0 Å². The number of hydrogen-bond acceptors (Lipinski definition) is 1.